The number of hydrogen-bond acceptors (Lipinski definition) is 5. The zero-order chi connectivity index (χ0) is 18.7. The molecule has 5 heteroatoms. The summed E-state index contributed by atoms with van der Waals surface area (Å²) in [5.74, 6) is -1.66. The molecule has 136 valence electrons. The highest BCUT2D eigenvalue weighted by atomic mass is 16.6. The smallest absolute Gasteiger partial charge is 0.334 e. The number of rotatable bonds is 2. The van der Waals surface area contributed by atoms with Gasteiger partial charge in [0, 0.05) is 11.1 Å². The molecule has 0 spiro atoms. The van der Waals surface area contributed by atoms with Crippen LogP contribution in [0.4, 0.5) is 0 Å². The van der Waals surface area contributed by atoms with Crippen LogP contribution in [0.1, 0.15) is 40.5 Å². The van der Waals surface area contributed by atoms with Gasteiger partial charge in [0.25, 0.3) is 0 Å². The van der Waals surface area contributed by atoms with Gasteiger partial charge in [-0.2, -0.15) is 0 Å². The molecule has 0 bridgehead atoms. The van der Waals surface area contributed by atoms with Crippen molar-refractivity contribution in [3.8, 4) is 0 Å². The second-order valence-electron chi connectivity index (χ2n) is 6.71. The third-order valence-electron chi connectivity index (χ3n) is 4.85. The first-order valence-corrected chi connectivity index (χ1v) is 8.52. The number of aliphatic hydroxyl groups excluding tert-OH is 1. The van der Waals surface area contributed by atoms with Crippen LogP contribution in [0.15, 0.2) is 47.1 Å². The second-order valence-corrected chi connectivity index (χ2v) is 6.71. The summed E-state index contributed by atoms with van der Waals surface area (Å²) in [5.41, 5.74) is 2.44. The number of allylic oxidation sites excluding steroid dienone is 3. The summed E-state index contributed by atoms with van der Waals surface area (Å²) < 4.78 is 11.0. The van der Waals surface area contributed by atoms with Gasteiger partial charge in [0.15, 0.2) is 0 Å². The minimum Gasteiger partial charge on any atom is -0.455 e. The number of fused-ring (bicyclic) bond motifs is 1. The molecule has 1 saturated heterocycles. The molecule has 0 aromatic carbocycles. The monoisotopic (exact) mass is 346 g/mol. The molecule has 0 unspecified atom stereocenters. The summed E-state index contributed by atoms with van der Waals surface area (Å²) in [4.78, 5) is 24.3. The van der Waals surface area contributed by atoms with E-state index in [0.29, 0.717) is 11.1 Å². The molecule has 0 aromatic rings. The SMILES string of the molecule is C=C1C(=O)O[C@@H]2/C=C(\C)CC/C=C(\C)[C@@H](O)[C@@H](OC(=O)/C(C)=C\C)[C@@H]12. The topological polar surface area (TPSA) is 72.8 Å². The van der Waals surface area contributed by atoms with Crippen LogP contribution in [0.25, 0.3) is 0 Å². The van der Waals surface area contributed by atoms with Gasteiger partial charge in [-0.05, 0) is 52.2 Å². The fraction of sp³-hybridized carbons (Fsp3) is 0.500. The zero-order valence-electron chi connectivity index (χ0n) is 15.2. The number of aliphatic hydroxyl groups is 1. The lowest BCUT2D eigenvalue weighted by Crippen LogP contribution is -2.42. The number of hydrogen-bond donors (Lipinski definition) is 1. The van der Waals surface area contributed by atoms with Crippen LogP contribution < -0.4 is 0 Å². The molecular weight excluding hydrogens is 320 g/mol. The van der Waals surface area contributed by atoms with Gasteiger partial charge in [-0.25, -0.2) is 9.59 Å². The molecule has 1 N–H and O–H groups in total. The number of carbonyl (C=O) groups is 2. The van der Waals surface area contributed by atoms with Gasteiger partial charge in [0.05, 0.1) is 5.92 Å². The Balaban J connectivity index is 2.47. The summed E-state index contributed by atoms with van der Waals surface area (Å²) in [6.45, 7) is 11.0. The molecule has 5 nitrogen and oxygen atoms in total. The Hall–Kier alpha value is -2.14. The first-order chi connectivity index (χ1) is 11.8. The number of esters is 2. The third-order valence-corrected chi connectivity index (χ3v) is 4.85. The Morgan fingerprint density at radius 3 is 2.76 bits per heavy atom. The first-order valence-electron chi connectivity index (χ1n) is 8.52. The fourth-order valence-corrected chi connectivity index (χ4v) is 3.07. The van der Waals surface area contributed by atoms with Crippen molar-refractivity contribution >= 4 is 11.9 Å². The lowest BCUT2D eigenvalue weighted by molar-refractivity contribution is -0.153. The Morgan fingerprint density at radius 2 is 2.12 bits per heavy atom. The quantitative estimate of drug-likeness (QED) is 0.473. The summed E-state index contributed by atoms with van der Waals surface area (Å²) in [6, 6.07) is 0. The van der Waals surface area contributed by atoms with Gasteiger partial charge < -0.3 is 14.6 Å². The third kappa shape index (κ3) is 4.10. The molecule has 0 amide bonds. The normalized spacial score (nSPS) is 35.0. The van der Waals surface area contributed by atoms with E-state index in [4.69, 9.17) is 9.47 Å². The average molecular weight is 346 g/mol. The van der Waals surface area contributed by atoms with E-state index in [-0.39, 0.29) is 5.57 Å². The maximum absolute atomic E-state index is 12.3. The lowest BCUT2D eigenvalue weighted by Gasteiger charge is -2.31. The second kappa shape index (κ2) is 7.83. The first kappa shape index (κ1) is 19.2. The van der Waals surface area contributed by atoms with Crippen LogP contribution in [0, 0.1) is 5.92 Å². The van der Waals surface area contributed by atoms with Crippen molar-refractivity contribution in [3.63, 3.8) is 0 Å². The summed E-state index contributed by atoms with van der Waals surface area (Å²) in [7, 11) is 0. The zero-order valence-corrected chi connectivity index (χ0v) is 15.2. The van der Waals surface area contributed by atoms with Crippen molar-refractivity contribution < 1.29 is 24.2 Å². The van der Waals surface area contributed by atoms with Crippen LogP contribution in [-0.4, -0.2) is 35.4 Å². The molecule has 25 heavy (non-hydrogen) atoms. The molecular formula is C20H26O5. The van der Waals surface area contributed by atoms with E-state index in [9.17, 15) is 14.7 Å². The predicted molar refractivity (Wildman–Crippen MR) is 94.6 cm³/mol. The van der Waals surface area contributed by atoms with Crippen LogP contribution in [0.3, 0.4) is 0 Å². The van der Waals surface area contributed by atoms with Crippen molar-refractivity contribution in [2.75, 3.05) is 0 Å². The molecule has 1 fully saturated rings. The molecule has 2 aliphatic rings. The van der Waals surface area contributed by atoms with E-state index >= 15 is 0 Å². The van der Waals surface area contributed by atoms with Crippen LogP contribution in [-0.2, 0) is 19.1 Å². The maximum Gasteiger partial charge on any atom is 0.334 e. The average Bonchev–Trinajstić information content (AvgIpc) is 2.84. The van der Waals surface area contributed by atoms with Crippen molar-refractivity contribution in [1.82, 2.24) is 0 Å². The van der Waals surface area contributed by atoms with E-state index < -0.39 is 36.2 Å². The van der Waals surface area contributed by atoms with Crippen molar-refractivity contribution in [3.05, 3.63) is 47.1 Å². The molecule has 0 saturated carbocycles. The number of carbonyl (C=O) groups excluding carboxylic acids is 2. The molecule has 1 aliphatic carbocycles. The highest BCUT2D eigenvalue weighted by Gasteiger charge is 2.47. The maximum atomic E-state index is 12.3. The van der Waals surface area contributed by atoms with Gasteiger partial charge in [-0.3, -0.25) is 0 Å². The highest BCUT2D eigenvalue weighted by Crippen LogP contribution is 2.36. The van der Waals surface area contributed by atoms with E-state index in [0.717, 1.165) is 18.4 Å². The molecule has 0 aromatic heterocycles. The van der Waals surface area contributed by atoms with Gasteiger partial charge in [-0.1, -0.05) is 24.3 Å². The summed E-state index contributed by atoms with van der Waals surface area (Å²) in [6.07, 6.45) is 4.45. The lowest BCUT2D eigenvalue weighted by atomic mass is 9.84. The van der Waals surface area contributed by atoms with Crippen LogP contribution in [0.5, 0.6) is 0 Å². The van der Waals surface area contributed by atoms with Crippen LogP contribution in [0.2, 0.25) is 0 Å². The van der Waals surface area contributed by atoms with Gasteiger partial charge in [0.2, 0.25) is 0 Å². The standard InChI is InChI=1S/C20H26O5/c1-6-12(3)19(22)25-18-16-14(5)20(23)24-15(16)10-11(2)8-7-9-13(4)17(18)21/h6,9-10,15-18,21H,5,7-8H2,1-4H3/b11-10+,12-6-,13-9+/t15-,16+,17-,18+/m1/s1. The van der Waals surface area contributed by atoms with E-state index in [1.54, 1.807) is 26.8 Å². The Labute approximate surface area is 148 Å². The summed E-state index contributed by atoms with van der Waals surface area (Å²) in [5, 5.41) is 10.8. The Bertz CT molecular complexity index is 668. The molecule has 0 radical (unpaired) electrons. The van der Waals surface area contributed by atoms with E-state index in [2.05, 4.69) is 6.58 Å². The van der Waals surface area contributed by atoms with Gasteiger partial charge >= 0.3 is 11.9 Å². The van der Waals surface area contributed by atoms with Gasteiger partial charge in [-0.15, -0.1) is 0 Å². The van der Waals surface area contributed by atoms with E-state index in [1.807, 2.05) is 19.1 Å². The van der Waals surface area contributed by atoms with Crippen molar-refractivity contribution in [1.29, 1.82) is 0 Å². The minimum atomic E-state index is -1.03. The van der Waals surface area contributed by atoms with Crippen LogP contribution >= 0.6 is 0 Å². The van der Waals surface area contributed by atoms with E-state index in [1.165, 1.54) is 0 Å². The summed E-state index contributed by atoms with van der Waals surface area (Å²) >= 11 is 0. The number of ether oxygens (including phenoxy) is 2. The Kier molecular flexibility index (Phi) is 6.01. The Morgan fingerprint density at radius 1 is 1.44 bits per heavy atom. The molecule has 1 heterocycles. The molecule has 4 atom stereocenters. The molecule has 2 rings (SSSR count). The van der Waals surface area contributed by atoms with Crippen molar-refractivity contribution in [2.45, 2.75) is 58.8 Å². The minimum absolute atomic E-state index is 0.220. The fourth-order valence-electron chi connectivity index (χ4n) is 3.07. The predicted octanol–water partition coefficient (Wildman–Crippen LogP) is 3.01. The largest absolute Gasteiger partial charge is 0.455 e. The highest BCUT2D eigenvalue weighted by molar-refractivity contribution is 5.92. The van der Waals surface area contributed by atoms with Gasteiger partial charge in [0.1, 0.15) is 18.3 Å². The van der Waals surface area contributed by atoms with Crippen molar-refractivity contribution in [2.24, 2.45) is 5.92 Å². The molecule has 1 aliphatic heterocycles.